The van der Waals surface area contributed by atoms with Gasteiger partial charge in [-0.25, -0.2) is 0 Å². The average molecular weight is 378 g/mol. The first-order valence-corrected chi connectivity index (χ1v) is 8.32. The molecule has 2 heterocycles. The van der Waals surface area contributed by atoms with Gasteiger partial charge >= 0.3 is 6.18 Å². The predicted octanol–water partition coefficient (Wildman–Crippen LogP) is 2.18. The normalized spacial score (nSPS) is 21.9. The van der Waals surface area contributed by atoms with Gasteiger partial charge in [-0.15, -0.1) is 12.4 Å². The van der Waals surface area contributed by atoms with E-state index >= 15 is 0 Å². The fourth-order valence-electron chi connectivity index (χ4n) is 3.41. The van der Waals surface area contributed by atoms with E-state index in [0.29, 0.717) is 11.6 Å². The van der Waals surface area contributed by atoms with Crippen LogP contribution in [0, 0.1) is 0 Å². The van der Waals surface area contributed by atoms with Gasteiger partial charge in [-0.1, -0.05) is 12.1 Å². The molecule has 1 aromatic carbocycles. The van der Waals surface area contributed by atoms with Gasteiger partial charge in [-0.05, 0) is 24.1 Å². The highest BCUT2D eigenvalue weighted by Gasteiger charge is 2.32. The molecule has 3 rings (SSSR count). The maximum atomic E-state index is 12.6. The molecule has 1 N–H and O–H groups in total. The number of nitrogens with zero attached hydrogens (tertiary/aromatic N) is 2. The first kappa shape index (κ1) is 20.0. The van der Waals surface area contributed by atoms with Crippen LogP contribution < -0.4 is 5.32 Å². The summed E-state index contributed by atoms with van der Waals surface area (Å²) < 4.78 is 37.7. The van der Waals surface area contributed by atoms with Crippen LogP contribution in [0.25, 0.3) is 0 Å². The summed E-state index contributed by atoms with van der Waals surface area (Å²) in [5.74, 6) is -0.00704. The monoisotopic (exact) mass is 377 g/mol. The lowest BCUT2D eigenvalue weighted by Gasteiger charge is -2.32. The molecule has 0 aromatic heterocycles. The summed E-state index contributed by atoms with van der Waals surface area (Å²) in [7, 11) is 0. The first-order valence-electron chi connectivity index (χ1n) is 8.32. The Hall–Kier alpha value is -1.31. The smallest absolute Gasteiger partial charge is 0.341 e. The number of hydrogen-bond acceptors (Lipinski definition) is 3. The molecule has 4 nitrogen and oxygen atoms in total. The molecule has 0 bridgehead atoms. The Balaban J connectivity index is 0.00000225. The lowest BCUT2D eigenvalue weighted by molar-refractivity contribution is -0.137. The maximum absolute atomic E-state index is 12.6. The number of amides is 1. The van der Waals surface area contributed by atoms with Crippen LogP contribution in [0.15, 0.2) is 24.3 Å². The van der Waals surface area contributed by atoms with Crippen molar-refractivity contribution in [3.05, 3.63) is 35.4 Å². The second kappa shape index (κ2) is 8.38. The zero-order chi connectivity index (χ0) is 17.2. The van der Waals surface area contributed by atoms with Crippen LogP contribution in [0.3, 0.4) is 0 Å². The van der Waals surface area contributed by atoms with Crippen LogP contribution >= 0.6 is 12.4 Å². The summed E-state index contributed by atoms with van der Waals surface area (Å²) in [4.78, 5) is 16.7. The molecule has 1 aromatic rings. The first-order chi connectivity index (χ1) is 11.4. The zero-order valence-electron chi connectivity index (χ0n) is 13.9. The van der Waals surface area contributed by atoms with Gasteiger partial charge in [0.2, 0.25) is 5.91 Å². The van der Waals surface area contributed by atoms with E-state index in [9.17, 15) is 18.0 Å². The van der Waals surface area contributed by atoms with Crippen molar-refractivity contribution in [1.29, 1.82) is 0 Å². The van der Waals surface area contributed by atoms with Gasteiger partial charge in [-0.2, -0.15) is 13.2 Å². The molecular formula is C17H23ClF3N3O. The Morgan fingerprint density at radius 2 is 1.76 bits per heavy atom. The fraction of sp³-hybridized carbons (Fsp3) is 0.588. The third kappa shape index (κ3) is 5.09. The largest absolute Gasteiger partial charge is 0.416 e. The van der Waals surface area contributed by atoms with Crippen LogP contribution in [-0.2, 0) is 17.4 Å². The van der Waals surface area contributed by atoms with E-state index in [4.69, 9.17) is 0 Å². The van der Waals surface area contributed by atoms with Crippen molar-refractivity contribution in [2.45, 2.75) is 25.1 Å². The van der Waals surface area contributed by atoms with Crippen molar-refractivity contribution in [3.8, 4) is 0 Å². The minimum absolute atomic E-state index is 0. The number of piperazine rings is 1. The molecule has 140 valence electrons. The van der Waals surface area contributed by atoms with Crippen molar-refractivity contribution in [3.63, 3.8) is 0 Å². The number of carbonyl (C=O) groups excluding carboxylic acids is 1. The molecule has 1 unspecified atom stereocenters. The summed E-state index contributed by atoms with van der Waals surface area (Å²) >= 11 is 0. The van der Waals surface area contributed by atoms with E-state index in [1.165, 1.54) is 12.1 Å². The summed E-state index contributed by atoms with van der Waals surface area (Å²) in [6.45, 7) is 5.43. The van der Waals surface area contributed by atoms with E-state index in [-0.39, 0.29) is 24.7 Å². The van der Waals surface area contributed by atoms with Gasteiger partial charge in [0.05, 0.1) is 12.0 Å². The Morgan fingerprint density at radius 3 is 2.36 bits per heavy atom. The predicted molar refractivity (Wildman–Crippen MR) is 91.8 cm³/mol. The standard InChI is InChI=1S/C17H22F3N3O.ClH/c18-17(19,20)14-3-1-13(2-4-14)11-16(24)23-8-5-15(12-23)22-9-6-21-7-10-22;/h1-4,15,21H,5-12H2;1H. The van der Waals surface area contributed by atoms with E-state index in [1.807, 2.05) is 4.90 Å². The molecule has 2 aliphatic heterocycles. The molecule has 0 spiro atoms. The molecule has 8 heteroatoms. The van der Waals surface area contributed by atoms with Gasteiger partial charge in [0.15, 0.2) is 0 Å². The molecule has 2 fully saturated rings. The molecule has 0 saturated carbocycles. The number of benzene rings is 1. The van der Waals surface area contributed by atoms with E-state index in [2.05, 4.69) is 10.2 Å². The number of alkyl halides is 3. The fourth-order valence-corrected chi connectivity index (χ4v) is 3.41. The molecule has 2 aliphatic rings. The van der Waals surface area contributed by atoms with Crippen molar-refractivity contribution in [2.24, 2.45) is 0 Å². The Kier molecular flexibility index (Phi) is 6.71. The van der Waals surface area contributed by atoms with E-state index in [0.717, 1.165) is 57.8 Å². The number of halogens is 4. The van der Waals surface area contributed by atoms with Gasteiger partial charge in [-0.3, -0.25) is 9.69 Å². The Bertz CT molecular complexity index is 573. The van der Waals surface area contributed by atoms with Crippen LogP contribution in [0.5, 0.6) is 0 Å². The van der Waals surface area contributed by atoms with Crippen molar-refractivity contribution >= 4 is 18.3 Å². The molecule has 25 heavy (non-hydrogen) atoms. The summed E-state index contributed by atoms with van der Waals surface area (Å²) in [6, 6.07) is 5.27. The lowest BCUT2D eigenvalue weighted by atomic mass is 10.1. The lowest BCUT2D eigenvalue weighted by Crippen LogP contribution is -2.49. The molecule has 0 aliphatic carbocycles. The van der Waals surface area contributed by atoms with Crippen LogP contribution in [-0.4, -0.2) is 61.0 Å². The minimum Gasteiger partial charge on any atom is -0.341 e. The number of nitrogens with one attached hydrogen (secondary N) is 1. The maximum Gasteiger partial charge on any atom is 0.416 e. The second-order valence-electron chi connectivity index (χ2n) is 6.44. The summed E-state index contributed by atoms with van der Waals surface area (Å²) in [6.07, 6.45) is -3.21. The highest BCUT2D eigenvalue weighted by Crippen LogP contribution is 2.29. The van der Waals surface area contributed by atoms with E-state index < -0.39 is 11.7 Å². The minimum atomic E-state index is -4.34. The Morgan fingerprint density at radius 1 is 1.12 bits per heavy atom. The highest BCUT2D eigenvalue weighted by atomic mass is 35.5. The van der Waals surface area contributed by atoms with Crippen LogP contribution in [0.2, 0.25) is 0 Å². The quantitative estimate of drug-likeness (QED) is 0.877. The van der Waals surface area contributed by atoms with Gasteiger partial charge in [0, 0.05) is 45.3 Å². The molecular weight excluding hydrogens is 355 g/mol. The van der Waals surface area contributed by atoms with Gasteiger partial charge in [0.1, 0.15) is 0 Å². The molecule has 0 radical (unpaired) electrons. The Labute approximate surface area is 151 Å². The third-order valence-electron chi connectivity index (χ3n) is 4.82. The van der Waals surface area contributed by atoms with E-state index in [1.54, 1.807) is 0 Å². The third-order valence-corrected chi connectivity index (χ3v) is 4.82. The van der Waals surface area contributed by atoms with Crippen molar-refractivity contribution < 1.29 is 18.0 Å². The summed E-state index contributed by atoms with van der Waals surface area (Å²) in [5.41, 5.74) is -0.0581. The summed E-state index contributed by atoms with van der Waals surface area (Å²) in [5, 5.41) is 3.32. The molecule has 1 amide bonds. The molecule has 2 saturated heterocycles. The topological polar surface area (TPSA) is 35.6 Å². The average Bonchev–Trinajstić information content (AvgIpc) is 3.05. The second-order valence-corrected chi connectivity index (χ2v) is 6.44. The number of likely N-dealkylation sites (tertiary alicyclic amines) is 1. The van der Waals surface area contributed by atoms with Crippen LogP contribution in [0.4, 0.5) is 13.2 Å². The van der Waals surface area contributed by atoms with Crippen molar-refractivity contribution in [1.82, 2.24) is 15.1 Å². The van der Waals surface area contributed by atoms with Gasteiger partial charge < -0.3 is 10.2 Å². The highest BCUT2D eigenvalue weighted by molar-refractivity contribution is 5.85. The number of carbonyl (C=O) groups is 1. The number of rotatable bonds is 3. The zero-order valence-corrected chi connectivity index (χ0v) is 14.7. The van der Waals surface area contributed by atoms with Crippen molar-refractivity contribution in [2.75, 3.05) is 39.3 Å². The SMILES string of the molecule is Cl.O=C(Cc1ccc(C(F)(F)F)cc1)N1CCC(N2CCNCC2)C1. The van der Waals surface area contributed by atoms with Gasteiger partial charge in [0.25, 0.3) is 0 Å². The van der Waals surface area contributed by atoms with Crippen LogP contribution in [0.1, 0.15) is 17.5 Å². The number of hydrogen-bond donors (Lipinski definition) is 1. The molecule has 1 atom stereocenters.